The molecule has 0 unspecified atom stereocenters. The number of hydrogen-bond acceptors (Lipinski definition) is 3. The van der Waals surface area contributed by atoms with E-state index in [2.05, 4.69) is 33.6 Å². The molecule has 148 valence electrons. The lowest BCUT2D eigenvalue weighted by Gasteiger charge is -2.15. The average molecular weight is 386 g/mol. The van der Waals surface area contributed by atoms with E-state index >= 15 is 0 Å². The van der Waals surface area contributed by atoms with Crippen molar-refractivity contribution in [3.05, 3.63) is 94.8 Å². The molecule has 0 aliphatic rings. The number of pyridine rings is 1. The number of guanidine groups is 1. The normalized spacial score (nSPS) is 11.2. The highest BCUT2D eigenvalue weighted by Crippen LogP contribution is 2.16. The van der Waals surface area contributed by atoms with Gasteiger partial charge in [-0.25, -0.2) is 4.99 Å². The molecule has 0 bridgehead atoms. The van der Waals surface area contributed by atoms with E-state index in [0.29, 0.717) is 18.1 Å². The Kier molecular flexibility index (Phi) is 6.74. The van der Waals surface area contributed by atoms with Crippen LogP contribution in [0.5, 0.6) is 0 Å². The average Bonchev–Trinajstić information content (AvgIpc) is 2.75. The van der Waals surface area contributed by atoms with Crippen molar-refractivity contribution in [1.29, 1.82) is 0 Å². The first kappa shape index (κ1) is 20.3. The third kappa shape index (κ3) is 5.51. The number of para-hydroxylation sites is 1. The Morgan fingerprint density at radius 1 is 1.03 bits per heavy atom. The van der Waals surface area contributed by atoms with Crippen LogP contribution >= 0.6 is 0 Å². The number of rotatable bonds is 5. The van der Waals surface area contributed by atoms with Gasteiger partial charge in [-0.05, 0) is 66.8 Å². The van der Waals surface area contributed by atoms with Crippen molar-refractivity contribution in [2.45, 2.75) is 33.7 Å². The molecule has 3 rings (SSSR count). The topological polar surface area (TPSA) is 66.4 Å². The Morgan fingerprint density at radius 2 is 1.86 bits per heavy atom. The van der Waals surface area contributed by atoms with E-state index in [1.54, 1.807) is 12.4 Å². The lowest BCUT2D eigenvalue weighted by Crippen LogP contribution is -2.36. The summed E-state index contributed by atoms with van der Waals surface area (Å²) in [6, 6.07) is 17.5. The van der Waals surface area contributed by atoms with Crippen molar-refractivity contribution in [3.8, 4) is 0 Å². The number of hydrogen-bond donors (Lipinski definition) is 2. The first-order chi connectivity index (χ1) is 14.1. The van der Waals surface area contributed by atoms with Crippen LogP contribution in [-0.4, -0.2) is 16.9 Å². The van der Waals surface area contributed by atoms with Gasteiger partial charge in [0.1, 0.15) is 0 Å². The van der Waals surface area contributed by atoms with Crippen LogP contribution in [0.1, 0.15) is 39.5 Å². The van der Waals surface area contributed by atoms with Crippen molar-refractivity contribution in [1.82, 2.24) is 10.3 Å². The Bertz CT molecular complexity index is 1010. The Labute approximate surface area is 171 Å². The summed E-state index contributed by atoms with van der Waals surface area (Å²) in [6.07, 6.45) is 4.38. The Hall–Kier alpha value is -3.47. The summed E-state index contributed by atoms with van der Waals surface area (Å²) in [7, 11) is 0. The molecule has 0 spiro atoms. The first-order valence-electron chi connectivity index (χ1n) is 9.73. The standard InChI is InChI=1S/C24H26N4O/c1-4-20-9-5-6-10-22(20)27-24(26-16-19-8-7-13-25-15-19)28-23(29)21-12-11-17(2)18(3)14-21/h5-15H,4,16H2,1-3H3,(H2,26,27,28,29). The Balaban J connectivity index is 1.85. The molecule has 0 aliphatic carbocycles. The number of aromatic nitrogens is 1. The molecule has 29 heavy (non-hydrogen) atoms. The van der Waals surface area contributed by atoms with Gasteiger partial charge in [0, 0.05) is 23.6 Å². The first-order valence-corrected chi connectivity index (χ1v) is 9.73. The van der Waals surface area contributed by atoms with Gasteiger partial charge < -0.3 is 5.32 Å². The molecule has 5 nitrogen and oxygen atoms in total. The van der Waals surface area contributed by atoms with E-state index in [-0.39, 0.29) is 5.91 Å². The fourth-order valence-corrected chi connectivity index (χ4v) is 2.91. The molecule has 0 radical (unpaired) electrons. The maximum atomic E-state index is 12.8. The van der Waals surface area contributed by atoms with Gasteiger partial charge in [0.2, 0.25) is 5.96 Å². The van der Waals surface area contributed by atoms with Gasteiger partial charge in [-0.2, -0.15) is 0 Å². The number of aliphatic imine (C=N–C) groups is 1. The summed E-state index contributed by atoms with van der Waals surface area (Å²) < 4.78 is 0. The van der Waals surface area contributed by atoms with Crippen LogP contribution in [0.3, 0.4) is 0 Å². The van der Waals surface area contributed by atoms with Crippen LogP contribution in [0.4, 0.5) is 5.69 Å². The predicted molar refractivity (Wildman–Crippen MR) is 118 cm³/mol. The zero-order valence-electron chi connectivity index (χ0n) is 17.1. The molecule has 3 aromatic rings. The molecule has 0 aliphatic heterocycles. The minimum atomic E-state index is -0.195. The molecule has 0 saturated carbocycles. The van der Waals surface area contributed by atoms with Crippen molar-refractivity contribution in [2.24, 2.45) is 4.99 Å². The van der Waals surface area contributed by atoms with Crippen LogP contribution in [0, 0.1) is 13.8 Å². The summed E-state index contributed by atoms with van der Waals surface area (Å²) in [5.74, 6) is 0.220. The largest absolute Gasteiger partial charge is 0.326 e. The van der Waals surface area contributed by atoms with E-state index in [0.717, 1.165) is 34.4 Å². The molecule has 5 heteroatoms. The monoisotopic (exact) mass is 386 g/mol. The van der Waals surface area contributed by atoms with Crippen molar-refractivity contribution in [3.63, 3.8) is 0 Å². The summed E-state index contributed by atoms with van der Waals surface area (Å²) in [5.41, 5.74) is 5.89. The van der Waals surface area contributed by atoms with Crippen LogP contribution in [0.15, 0.2) is 72.0 Å². The van der Waals surface area contributed by atoms with E-state index in [1.807, 2.05) is 62.4 Å². The smallest absolute Gasteiger partial charge is 0.257 e. The molecule has 1 amide bonds. The number of aryl methyl sites for hydroxylation is 3. The Morgan fingerprint density at radius 3 is 2.59 bits per heavy atom. The van der Waals surface area contributed by atoms with E-state index < -0.39 is 0 Å². The van der Waals surface area contributed by atoms with Gasteiger partial charge in [-0.15, -0.1) is 0 Å². The van der Waals surface area contributed by atoms with E-state index in [1.165, 1.54) is 0 Å². The summed E-state index contributed by atoms with van der Waals surface area (Å²) in [6.45, 7) is 6.54. The zero-order chi connectivity index (χ0) is 20.6. The molecule has 1 heterocycles. The molecule has 0 fully saturated rings. The highest BCUT2D eigenvalue weighted by atomic mass is 16.1. The second-order valence-corrected chi connectivity index (χ2v) is 6.91. The molecule has 0 saturated heterocycles. The second kappa shape index (κ2) is 9.64. The van der Waals surface area contributed by atoms with Crippen LogP contribution in [0.2, 0.25) is 0 Å². The van der Waals surface area contributed by atoms with Gasteiger partial charge >= 0.3 is 0 Å². The lowest BCUT2D eigenvalue weighted by molar-refractivity contribution is 0.0977. The second-order valence-electron chi connectivity index (χ2n) is 6.91. The van der Waals surface area contributed by atoms with E-state index in [9.17, 15) is 4.79 Å². The predicted octanol–water partition coefficient (Wildman–Crippen LogP) is 4.66. The van der Waals surface area contributed by atoms with Crippen molar-refractivity contribution in [2.75, 3.05) is 5.32 Å². The number of anilines is 1. The van der Waals surface area contributed by atoms with E-state index in [4.69, 9.17) is 0 Å². The summed E-state index contributed by atoms with van der Waals surface area (Å²) in [4.78, 5) is 21.6. The van der Waals surface area contributed by atoms with Crippen LogP contribution in [0.25, 0.3) is 0 Å². The lowest BCUT2D eigenvalue weighted by atomic mass is 10.1. The zero-order valence-corrected chi connectivity index (χ0v) is 17.1. The molecular weight excluding hydrogens is 360 g/mol. The van der Waals surface area contributed by atoms with Gasteiger partial charge in [-0.3, -0.25) is 15.1 Å². The fourth-order valence-electron chi connectivity index (χ4n) is 2.91. The number of nitrogens with zero attached hydrogens (tertiary/aromatic N) is 2. The number of nitrogens with one attached hydrogen (secondary N) is 2. The van der Waals surface area contributed by atoms with Gasteiger partial charge in [0.05, 0.1) is 6.54 Å². The quantitative estimate of drug-likeness (QED) is 0.495. The van der Waals surface area contributed by atoms with Gasteiger partial charge in [0.15, 0.2) is 0 Å². The van der Waals surface area contributed by atoms with Gasteiger partial charge in [-0.1, -0.05) is 37.3 Å². The summed E-state index contributed by atoms with van der Waals surface area (Å²) in [5, 5.41) is 6.22. The minimum absolute atomic E-state index is 0.195. The molecule has 1 aromatic heterocycles. The minimum Gasteiger partial charge on any atom is -0.326 e. The number of benzene rings is 2. The van der Waals surface area contributed by atoms with Gasteiger partial charge in [0.25, 0.3) is 5.91 Å². The highest BCUT2D eigenvalue weighted by Gasteiger charge is 2.11. The van der Waals surface area contributed by atoms with Crippen LogP contribution in [-0.2, 0) is 13.0 Å². The molecule has 0 atom stereocenters. The highest BCUT2D eigenvalue weighted by molar-refractivity contribution is 6.10. The number of carbonyl (C=O) groups is 1. The molecule has 2 aromatic carbocycles. The van der Waals surface area contributed by atoms with Crippen LogP contribution < -0.4 is 10.6 Å². The maximum absolute atomic E-state index is 12.8. The number of carbonyl (C=O) groups excluding carboxylic acids is 1. The van der Waals surface area contributed by atoms with Crippen molar-refractivity contribution >= 4 is 17.6 Å². The third-order valence-corrected chi connectivity index (χ3v) is 4.79. The number of amides is 1. The third-order valence-electron chi connectivity index (χ3n) is 4.79. The SMILES string of the molecule is CCc1ccccc1NC(=NCc1cccnc1)NC(=O)c1ccc(C)c(C)c1. The fraction of sp³-hybridized carbons (Fsp3) is 0.208. The molecular formula is C24H26N4O. The summed E-state index contributed by atoms with van der Waals surface area (Å²) >= 11 is 0. The maximum Gasteiger partial charge on any atom is 0.257 e. The van der Waals surface area contributed by atoms with Crippen molar-refractivity contribution < 1.29 is 4.79 Å². The molecule has 2 N–H and O–H groups in total.